The standard InChI is InChI=1S/C12H12F2N2.ClH/c13-6-3-9-8-5-7(15)1-2-11(8)16-12(9)10(14)4-6;/h3-4,7,16H,1-2,5,15H2;1H. The lowest BCUT2D eigenvalue weighted by molar-refractivity contribution is 0.573. The van der Waals surface area contributed by atoms with Gasteiger partial charge >= 0.3 is 0 Å². The van der Waals surface area contributed by atoms with Gasteiger partial charge in [-0.1, -0.05) is 0 Å². The molecule has 1 aliphatic rings. The van der Waals surface area contributed by atoms with E-state index in [1.807, 2.05) is 0 Å². The zero-order valence-corrected chi connectivity index (χ0v) is 9.91. The molecule has 0 saturated carbocycles. The van der Waals surface area contributed by atoms with Crippen molar-refractivity contribution in [2.24, 2.45) is 5.73 Å². The first-order valence-corrected chi connectivity index (χ1v) is 5.39. The first-order chi connectivity index (χ1) is 7.65. The second-order valence-electron chi connectivity index (χ2n) is 4.40. The summed E-state index contributed by atoms with van der Waals surface area (Å²) >= 11 is 0. The van der Waals surface area contributed by atoms with Crippen LogP contribution in [0, 0.1) is 11.6 Å². The van der Waals surface area contributed by atoms with E-state index in [2.05, 4.69) is 4.98 Å². The molecule has 2 aromatic rings. The van der Waals surface area contributed by atoms with E-state index in [4.69, 9.17) is 5.73 Å². The number of aromatic amines is 1. The first kappa shape index (κ1) is 12.3. The Bertz CT molecular complexity index is 565. The number of nitrogens with one attached hydrogen (secondary N) is 1. The molecule has 0 radical (unpaired) electrons. The highest BCUT2D eigenvalue weighted by Crippen LogP contribution is 2.30. The van der Waals surface area contributed by atoms with Crippen molar-refractivity contribution in [1.82, 2.24) is 4.98 Å². The summed E-state index contributed by atoms with van der Waals surface area (Å²) in [6.07, 6.45) is 2.40. The third-order valence-electron chi connectivity index (χ3n) is 3.25. The zero-order chi connectivity index (χ0) is 11.3. The Morgan fingerprint density at radius 1 is 1.29 bits per heavy atom. The minimum Gasteiger partial charge on any atom is -0.356 e. The molecule has 0 saturated heterocycles. The number of halogens is 3. The number of fused-ring (bicyclic) bond motifs is 3. The molecule has 1 aromatic carbocycles. The molecule has 92 valence electrons. The minimum absolute atomic E-state index is 0. The number of nitrogens with two attached hydrogens (primary N) is 1. The van der Waals surface area contributed by atoms with Crippen LogP contribution in [0.4, 0.5) is 8.78 Å². The van der Waals surface area contributed by atoms with Crippen molar-refractivity contribution in [1.29, 1.82) is 0 Å². The van der Waals surface area contributed by atoms with Gasteiger partial charge in [-0.2, -0.15) is 0 Å². The van der Waals surface area contributed by atoms with Crippen LogP contribution in [-0.4, -0.2) is 11.0 Å². The van der Waals surface area contributed by atoms with Gasteiger partial charge in [-0.15, -0.1) is 12.4 Å². The molecule has 17 heavy (non-hydrogen) atoms. The Kier molecular flexibility index (Phi) is 3.10. The highest BCUT2D eigenvalue weighted by atomic mass is 35.5. The molecule has 1 unspecified atom stereocenters. The molecule has 1 heterocycles. The maximum Gasteiger partial charge on any atom is 0.150 e. The van der Waals surface area contributed by atoms with Crippen molar-refractivity contribution < 1.29 is 8.78 Å². The number of aryl methyl sites for hydroxylation is 1. The van der Waals surface area contributed by atoms with E-state index < -0.39 is 11.6 Å². The van der Waals surface area contributed by atoms with E-state index in [1.165, 1.54) is 6.07 Å². The smallest absolute Gasteiger partial charge is 0.150 e. The molecule has 0 aliphatic heterocycles. The Labute approximate surface area is 104 Å². The number of rotatable bonds is 0. The lowest BCUT2D eigenvalue weighted by Crippen LogP contribution is -2.27. The third-order valence-corrected chi connectivity index (χ3v) is 3.25. The Morgan fingerprint density at radius 3 is 2.82 bits per heavy atom. The molecular formula is C12H13ClF2N2. The molecule has 1 aliphatic carbocycles. The summed E-state index contributed by atoms with van der Waals surface area (Å²) in [6, 6.07) is 2.38. The number of H-pyrrole nitrogens is 1. The number of hydrogen-bond donors (Lipinski definition) is 2. The van der Waals surface area contributed by atoms with Crippen LogP contribution in [0.5, 0.6) is 0 Å². The van der Waals surface area contributed by atoms with E-state index in [-0.39, 0.29) is 18.4 Å². The van der Waals surface area contributed by atoms with Crippen LogP contribution in [0.3, 0.4) is 0 Å². The molecule has 5 heteroatoms. The fourth-order valence-electron chi connectivity index (χ4n) is 2.47. The molecular weight excluding hydrogens is 246 g/mol. The molecule has 3 N–H and O–H groups in total. The molecule has 2 nitrogen and oxygen atoms in total. The van der Waals surface area contributed by atoms with Crippen LogP contribution in [0.25, 0.3) is 10.9 Å². The normalized spacial score (nSPS) is 18.9. The Hall–Kier alpha value is -1.13. The monoisotopic (exact) mass is 258 g/mol. The van der Waals surface area contributed by atoms with Gasteiger partial charge in [0.2, 0.25) is 0 Å². The molecule has 0 bridgehead atoms. The van der Waals surface area contributed by atoms with Crippen LogP contribution in [-0.2, 0) is 12.8 Å². The molecule has 1 aromatic heterocycles. The minimum atomic E-state index is -0.536. The Morgan fingerprint density at radius 2 is 2.06 bits per heavy atom. The van der Waals surface area contributed by atoms with Gasteiger partial charge in [0.15, 0.2) is 0 Å². The Balaban J connectivity index is 0.00000108. The topological polar surface area (TPSA) is 41.8 Å². The van der Waals surface area contributed by atoms with Gasteiger partial charge in [0.25, 0.3) is 0 Å². The average Bonchev–Trinajstić information content (AvgIpc) is 2.57. The van der Waals surface area contributed by atoms with Gasteiger partial charge in [-0.05, 0) is 30.9 Å². The van der Waals surface area contributed by atoms with Crippen LogP contribution >= 0.6 is 12.4 Å². The summed E-state index contributed by atoms with van der Waals surface area (Å²) in [4.78, 5) is 3.03. The van der Waals surface area contributed by atoms with Crippen LogP contribution < -0.4 is 5.73 Å². The van der Waals surface area contributed by atoms with Crippen molar-refractivity contribution in [3.05, 3.63) is 35.0 Å². The lowest BCUT2D eigenvalue weighted by atomic mass is 9.92. The van der Waals surface area contributed by atoms with Crippen molar-refractivity contribution in [3.63, 3.8) is 0 Å². The van der Waals surface area contributed by atoms with E-state index in [1.54, 1.807) is 0 Å². The average molecular weight is 259 g/mol. The second kappa shape index (κ2) is 4.27. The summed E-state index contributed by atoms with van der Waals surface area (Å²) < 4.78 is 26.7. The molecule has 0 fully saturated rings. The van der Waals surface area contributed by atoms with Crippen LogP contribution in [0.1, 0.15) is 17.7 Å². The third kappa shape index (κ3) is 1.91. The summed E-state index contributed by atoms with van der Waals surface area (Å²) in [5.74, 6) is -1.07. The molecule has 1 atom stereocenters. The van der Waals surface area contributed by atoms with Crippen molar-refractivity contribution in [2.45, 2.75) is 25.3 Å². The predicted molar refractivity (Wildman–Crippen MR) is 65.5 cm³/mol. The SMILES string of the molecule is Cl.NC1CCc2[nH]c3c(F)cc(F)cc3c2C1. The van der Waals surface area contributed by atoms with Crippen LogP contribution in [0.2, 0.25) is 0 Å². The highest BCUT2D eigenvalue weighted by molar-refractivity contribution is 5.86. The van der Waals surface area contributed by atoms with Crippen molar-refractivity contribution in [2.75, 3.05) is 0 Å². The summed E-state index contributed by atoms with van der Waals surface area (Å²) in [5, 5.41) is 0.641. The summed E-state index contributed by atoms with van der Waals surface area (Å²) in [5.41, 5.74) is 8.26. The van der Waals surface area contributed by atoms with Gasteiger partial charge in [0, 0.05) is 23.2 Å². The van der Waals surface area contributed by atoms with Crippen molar-refractivity contribution >= 4 is 23.3 Å². The van der Waals surface area contributed by atoms with E-state index in [9.17, 15) is 8.78 Å². The summed E-state index contributed by atoms with van der Waals surface area (Å²) in [7, 11) is 0. The maximum atomic E-state index is 13.5. The van der Waals surface area contributed by atoms with Gasteiger partial charge in [0.05, 0.1) is 5.52 Å². The number of aromatic nitrogens is 1. The molecule has 3 rings (SSSR count). The van der Waals surface area contributed by atoms with Gasteiger partial charge < -0.3 is 10.7 Å². The zero-order valence-electron chi connectivity index (χ0n) is 9.09. The van der Waals surface area contributed by atoms with Crippen molar-refractivity contribution in [3.8, 4) is 0 Å². The number of hydrogen-bond acceptors (Lipinski definition) is 1. The predicted octanol–water partition coefficient (Wildman–Crippen LogP) is 2.68. The molecule has 0 amide bonds. The highest BCUT2D eigenvalue weighted by Gasteiger charge is 2.21. The fraction of sp³-hybridized carbons (Fsp3) is 0.333. The second-order valence-corrected chi connectivity index (χ2v) is 4.40. The maximum absolute atomic E-state index is 13.5. The molecule has 0 spiro atoms. The first-order valence-electron chi connectivity index (χ1n) is 5.39. The quantitative estimate of drug-likeness (QED) is 0.750. The van der Waals surface area contributed by atoms with Gasteiger partial charge in [0.1, 0.15) is 11.6 Å². The van der Waals surface area contributed by atoms with E-state index in [0.717, 1.165) is 30.2 Å². The van der Waals surface area contributed by atoms with E-state index in [0.29, 0.717) is 17.3 Å². The van der Waals surface area contributed by atoms with E-state index >= 15 is 0 Å². The number of benzene rings is 1. The largest absolute Gasteiger partial charge is 0.356 e. The lowest BCUT2D eigenvalue weighted by Gasteiger charge is -2.17. The van der Waals surface area contributed by atoms with Gasteiger partial charge in [-0.3, -0.25) is 0 Å². The van der Waals surface area contributed by atoms with Crippen LogP contribution in [0.15, 0.2) is 12.1 Å². The van der Waals surface area contributed by atoms with Gasteiger partial charge in [-0.25, -0.2) is 8.78 Å². The fourth-order valence-corrected chi connectivity index (χ4v) is 2.47. The summed E-state index contributed by atoms with van der Waals surface area (Å²) in [6.45, 7) is 0.